The minimum absolute atomic E-state index is 0.797. The molecule has 5 heteroatoms. The molecular formula is C25H27N3O2. The molecule has 0 saturated carbocycles. The summed E-state index contributed by atoms with van der Waals surface area (Å²) in [6.45, 7) is 7.19. The topological polar surface area (TPSA) is 43.4 Å². The van der Waals surface area contributed by atoms with Crippen LogP contribution in [0.2, 0.25) is 0 Å². The van der Waals surface area contributed by atoms with Crippen molar-refractivity contribution in [1.29, 1.82) is 0 Å². The zero-order valence-electron chi connectivity index (χ0n) is 17.7. The van der Waals surface area contributed by atoms with Crippen molar-refractivity contribution in [1.82, 2.24) is 14.7 Å². The molecule has 0 spiro atoms. The van der Waals surface area contributed by atoms with Crippen LogP contribution in [0.15, 0.2) is 77.5 Å². The molecule has 0 fully saturated rings. The number of nitrogens with zero attached hydrogens (tertiary/aromatic N) is 3. The van der Waals surface area contributed by atoms with Crippen LogP contribution in [0.1, 0.15) is 19.4 Å². The van der Waals surface area contributed by atoms with Crippen LogP contribution in [0, 0.1) is 0 Å². The standard InChI is InChI=1S/C25H27N3O2/c1-4-27(5-2)17-21-18-28(26-25(21)24-7-6-16-30-24)22-12-8-19(9-13-22)20-10-14-23(29-3)15-11-20/h6-16,18H,4-5,17H2,1-3H3. The summed E-state index contributed by atoms with van der Waals surface area (Å²) >= 11 is 0. The number of furan rings is 1. The van der Waals surface area contributed by atoms with Crippen molar-refractivity contribution in [3.05, 3.63) is 78.7 Å². The van der Waals surface area contributed by atoms with Gasteiger partial charge in [-0.05, 0) is 60.6 Å². The average molecular weight is 402 g/mol. The molecule has 4 aromatic rings. The van der Waals surface area contributed by atoms with Crippen molar-refractivity contribution in [2.75, 3.05) is 20.2 Å². The van der Waals surface area contributed by atoms with Crippen molar-refractivity contribution >= 4 is 0 Å². The van der Waals surface area contributed by atoms with Gasteiger partial charge in [0.15, 0.2) is 5.76 Å². The first kappa shape index (κ1) is 20.0. The predicted molar refractivity (Wildman–Crippen MR) is 120 cm³/mol. The Kier molecular flexibility index (Phi) is 6.00. The Morgan fingerprint density at radius 1 is 0.933 bits per heavy atom. The number of rotatable bonds is 8. The number of ether oxygens (including phenoxy) is 1. The lowest BCUT2D eigenvalue weighted by Gasteiger charge is -2.17. The van der Waals surface area contributed by atoms with Crippen molar-refractivity contribution < 1.29 is 9.15 Å². The van der Waals surface area contributed by atoms with Crippen LogP contribution in [-0.2, 0) is 6.54 Å². The molecule has 0 saturated heterocycles. The van der Waals surface area contributed by atoms with E-state index < -0.39 is 0 Å². The minimum atomic E-state index is 0.797. The number of methoxy groups -OCH3 is 1. The fourth-order valence-electron chi connectivity index (χ4n) is 3.56. The normalized spacial score (nSPS) is 11.2. The van der Waals surface area contributed by atoms with Crippen molar-refractivity contribution in [3.63, 3.8) is 0 Å². The predicted octanol–water partition coefficient (Wildman–Crippen LogP) is 5.65. The van der Waals surface area contributed by atoms with Gasteiger partial charge in [-0.3, -0.25) is 4.90 Å². The van der Waals surface area contributed by atoms with E-state index in [1.807, 2.05) is 28.9 Å². The lowest BCUT2D eigenvalue weighted by atomic mass is 10.1. The van der Waals surface area contributed by atoms with E-state index in [2.05, 4.69) is 61.3 Å². The fraction of sp³-hybridized carbons (Fsp3) is 0.240. The molecular weight excluding hydrogens is 374 g/mol. The highest BCUT2D eigenvalue weighted by Crippen LogP contribution is 2.27. The number of hydrogen-bond donors (Lipinski definition) is 0. The van der Waals surface area contributed by atoms with Crippen LogP contribution in [0.25, 0.3) is 28.3 Å². The van der Waals surface area contributed by atoms with Crippen LogP contribution >= 0.6 is 0 Å². The molecule has 2 heterocycles. The summed E-state index contributed by atoms with van der Waals surface area (Å²) in [5.41, 5.74) is 5.38. The van der Waals surface area contributed by atoms with E-state index in [1.54, 1.807) is 13.4 Å². The van der Waals surface area contributed by atoms with Crippen LogP contribution in [0.4, 0.5) is 0 Å². The summed E-state index contributed by atoms with van der Waals surface area (Å²) < 4.78 is 12.8. The summed E-state index contributed by atoms with van der Waals surface area (Å²) in [6.07, 6.45) is 3.80. The number of aromatic nitrogens is 2. The Morgan fingerprint density at radius 3 is 2.17 bits per heavy atom. The molecule has 0 aliphatic heterocycles. The van der Waals surface area contributed by atoms with E-state index in [0.29, 0.717) is 0 Å². The molecule has 0 amide bonds. The van der Waals surface area contributed by atoms with E-state index in [1.165, 1.54) is 0 Å². The second-order valence-corrected chi connectivity index (χ2v) is 7.16. The molecule has 4 rings (SSSR count). The maximum absolute atomic E-state index is 5.65. The molecule has 0 radical (unpaired) electrons. The largest absolute Gasteiger partial charge is 0.497 e. The molecule has 154 valence electrons. The van der Waals surface area contributed by atoms with Crippen LogP contribution in [0.5, 0.6) is 5.75 Å². The first-order valence-corrected chi connectivity index (χ1v) is 10.3. The summed E-state index contributed by atoms with van der Waals surface area (Å²) in [7, 11) is 1.68. The van der Waals surface area contributed by atoms with Gasteiger partial charge in [-0.25, -0.2) is 4.68 Å². The van der Waals surface area contributed by atoms with Gasteiger partial charge in [0.2, 0.25) is 0 Å². The highest BCUT2D eigenvalue weighted by Gasteiger charge is 2.16. The monoisotopic (exact) mass is 401 g/mol. The number of hydrogen-bond acceptors (Lipinski definition) is 4. The molecule has 0 N–H and O–H groups in total. The van der Waals surface area contributed by atoms with E-state index in [-0.39, 0.29) is 0 Å². The van der Waals surface area contributed by atoms with Gasteiger partial charge in [-0.1, -0.05) is 38.1 Å². The lowest BCUT2D eigenvalue weighted by Crippen LogP contribution is -2.22. The highest BCUT2D eigenvalue weighted by atomic mass is 16.5. The van der Waals surface area contributed by atoms with Gasteiger partial charge in [0, 0.05) is 18.3 Å². The molecule has 30 heavy (non-hydrogen) atoms. The zero-order chi connectivity index (χ0) is 20.9. The van der Waals surface area contributed by atoms with Gasteiger partial charge in [0.05, 0.1) is 19.1 Å². The first-order valence-electron chi connectivity index (χ1n) is 10.3. The average Bonchev–Trinajstić information content (AvgIpc) is 3.47. The van der Waals surface area contributed by atoms with E-state index >= 15 is 0 Å². The second-order valence-electron chi connectivity index (χ2n) is 7.16. The van der Waals surface area contributed by atoms with Gasteiger partial charge in [0.1, 0.15) is 11.4 Å². The molecule has 0 aliphatic rings. The molecule has 0 aliphatic carbocycles. The van der Waals surface area contributed by atoms with E-state index in [4.69, 9.17) is 14.3 Å². The summed E-state index contributed by atoms with van der Waals surface area (Å²) in [6, 6.07) is 20.4. The third-order valence-corrected chi connectivity index (χ3v) is 5.39. The summed E-state index contributed by atoms with van der Waals surface area (Å²) in [5, 5.41) is 4.85. The Morgan fingerprint density at radius 2 is 1.60 bits per heavy atom. The maximum Gasteiger partial charge on any atom is 0.154 e. The van der Waals surface area contributed by atoms with Gasteiger partial charge >= 0.3 is 0 Å². The molecule has 0 bridgehead atoms. The van der Waals surface area contributed by atoms with E-state index in [0.717, 1.165) is 59.2 Å². The Bertz CT molecular complexity index is 1060. The molecule has 0 unspecified atom stereocenters. The SMILES string of the molecule is CCN(CC)Cc1cn(-c2ccc(-c3ccc(OC)cc3)cc2)nc1-c1ccco1. The molecule has 2 aromatic heterocycles. The van der Waals surface area contributed by atoms with Crippen molar-refractivity contribution in [3.8, 4) is 34.0 Å². The van der Waals surface area contributed by atoms with Gasteiger partial charge in [-0.15, -0.1) is 0 Å². The third kappa shape index (κ3) is 4.16. The smallest absolute Gasteiger partial charge is 0.154 e. The Balaban J connectivity index is 1.64. The van der Waals surface area contributed by atoms with Crippen LogP contribution < -0.4 is 4.74 Å². The van der Waals surface area contributed by atoms with E-state index in [9.17, 15) is 0 Å². The Labute approximate surface area is 177 Å². The van der Waals surface area contributed by atoms with Crippen molar-refractivity contribution in [2.24, 2.45) is 0 Å². The number of benzene rings is 2. The quantitative estimate of drug-likeness (QED) is 0.383. The van der Waals surface area contributed by atoms with Crippen LogP contribution in [0.3, 0.4) is 0 Å². The first-order chi connectivity index (χ1) is 14.7. The summed E-state index contributed by atoms with van der Waals surface area (Å²) in [5.74, 6) is 1.66. The fourth-order valence-corrected chi connectivity index (χ4v) is 3.56. The molecule has 2 aromatic carbocycles. The Hall–Kier alpha value is -3.31. The second kappa shape index (κ2) is 9.01. The minimum Gasteiger partial charge on any atom is -0.497 e. The summed E-state index contributed by atoms with van der Waals surface area (Å²) in [4.78, 5) is 2.38. The van der Waals surface area contributed by atoms with Crippen molar-refractivity contribution in [2.45, 2.75) is 20.4 Å². The lowest BCUT2D eigenvalue weighted by molar-refractivity contribution is 0.296. The zero-order valence-corrected chi connectivity index (χ0v) is 17.7. The maximum atomic E-state index is 5.65. The van der Waals surface area contributed by atoms with Gasteiger partial charge < -0.3 is 9.15 Å². The highest BCUT2D eigenvalue weighted by molar-refractivity contribution is 5.65. The molecule has 5 nitrogen and oxygen atoms in total. The molecule has 0 atom stereocenters. The third-order valence-electron chi connectivity index (χ3n) is 5.39. The van der Waals surface area contributed by atoms with Gasteiger partial charge in [-0.2, -0.15) is 5.10 Å². The van der Waals surface area contributed by atoms with Gasteiger partial charge in [0.25, 0.3) is 0 Å². The van der Waals surface area contributed by atoms with Crippen LogP contribution in [-0.4, -0.2) is 34.9 Å².